The van der Waals surface area contributed by atoms with Gasteiger partial charge in [-0.3, -0.25) is 4.79 Å². The summed E-state index contributed by atoms with van der Waals surface area (Å²) < 4.78 is 7.04. The number of benzene rings is 1. The number of aromatic nitrogens is 2. The number of hydrogen-bond donors (Lipinski definition) is 0. The Morgan fingerprint density at radius 1 is 1.43 bits per heavy atom. The molecule has 0 aliphatic carbocycles. The normalized spacial score (nSPS) is 11.0. The van der Waals surface area contributed by atoms with Crippen molar-refractivity contribution >= 4 is 40.2 Å². The van der Waals surface area contributed by atoms with Crippen LogP contribution in [0.4, 0.5) is 0 Å². The molecule has 0 bridgehead atoms. The molecule has 0 N–H and O–H groups in total. The number of fused-ring (bicyclic) bond motifs is 1. The highest BCUT2D eigenvalue weighted by Crippen LogP contribution is 2.21. The summed E-state index contributed by atoms with van der Waals surface area (Å²) in [7, 11) is 0. The van der Waals surface area contributed by atoms with Crippen molar-refractivity contribution in [3.8, 4) is 0 Å². The van der Waals surface area contributed by atoms with E-state index in [4.69, 9.17) is 27.9 Å². The fourth-order valence-corrected chi connectivity index (χ4v) is 2.63. The van der Waals surface area contributed by atoms with E-state index in [0.717, 1.165) is 16.9 Å². The molecule has 0 saturated carbocycles. The number of aryl methyl sites for hydroxylation is 2. The molecule has 0 radical (unpaired) electrons. The van der Waals surface area contributed by atoms with E-state index in [1.54, 1.807) is 0 Å². The van der Waals surface area contributed by atoms with Crippen molar-refractivity contribution in [2.45, 2.75) is 32.7 Å². The Hall–Kier alpha value is -1.26. The molecule has 114 valence electrons. The van der Waals surface area contributed by atoms with Gasteiger partial charge in [0.2, 0.25) is 0 Å². The Morgan fingerprint density at radius 2 is 2.24 bits per heavy atom. The second kappa shape index (κ2) is 7.66. The summed E-state index contributed by atoms with van der Waals surface area (Å²) in [6.07, 6.45) is 1.80. The van der Waals surface area contributed by atoms with Crippen molar-refractivity contribution < 1.29 is 9.53 Å². The van der Waals surface area contributed by atoms with E-state index in [-0.39, 0.29) is 5.97 Å². The summed E-state index contributed by atoms with van der Waals surface area (Å²) in [6.45, 7) is 2.94. The maximum Gasteiger partial charge on any atom is 0.305 e. The number of halogens is 2. The van der Waals surface area contributed by atoms with Crippen LogP contribution in [0.1, 0.15) is 25.6 Å². The molecule has 2 rings (SSSR count). The zero-order valence-electron chi connectivity index (χ0n) is 11.9. The summed E-state index contributed by atoms with van der Waals surface area (Å²) in [5.41, 5.74) is 1.88. The van der Waals surface area contributed by atoms with Gasteiger partial charge < -0.3 is 9.30 Å². The van der Waals surface area contributed by atoms with Crippen LogP contribution in [0.15, 0.2) is 18.2 Å². The van der Waals surface area contributed by atoms with Crippen molar-refractivity contribution in [2.24, 2.45) is 0 Å². The molecule has 0 aliphatic heterocycles. The van der Waals surface area contributed by atoms with Crippen LogP contribution in [0.25, 0.3) is 11.0 Å². The number of esters is 1. The molecular formula is C15H18Cl2N2O2. The predicted octanol–water partition coefficient (Wildman–Crippen LogP) is 3.81. The van der Waals surface area contributed by atoms with E-state index in [1.165, 1.54) is 0 Å². The van der Waals surface area contributed by atoms with Gasteiger partial charge in [-0.1, -0.05) is 11.6 Å². The van der Waals surface area contributed by atoms with Crippen molar-refractivity contribution in [1.29, 1.82) is 0 Å². The number of imidazole rings is 1. The molecule has 6 heteroatoms. The summed E-state index contributed by atoms with van der Waals surface area (Å²) in [4.78, 5) is 16.0. The van der Waals surface area contributed by atoms with Crippen LogP contribution in [0.5, 0.6) is 0 Å². The monoisotopic (exact) mass is 328 g/mol. The maximum absolute atomic E-state index is 11.4. The minimum absolute atomic E-state index is 0.163. The standard InChI is InChI=1S/C15H18Cl2N2O2/c1-2-21-15(20)4-3-9-19-13-6-5-11(17)10-12(13)18-14(19)7-8-16/h5-6,10H,2-4,7-9H2,1H3. The average molecular weight is 329 g/mol. The number of carbonyl (C=O) groups is 1. The highest BCUT2D eigenvalue weighted by atomic mass is 35.5. The fraction of sp³-hybridized carbons (Fsp3) is 0.467. The summed E-state index contributed by atoms with van der Waals surface area (Å²) in [5.74, 6) is 1.27. The van der Waals surface area contributed by atoms with Gasteiger partial charge in [0.25, 0.3) is 0 Å². The molecule has 1 heterocycles. The molecule has 1 aromatic heterocycles. The van der Waals surface area contributed by atoms with Crippen LogP contribution in [0.3, 0.4) is 0 Å². The minimum atomic E-state index is -0.163. The van der Waals surface area contributed by atoms with Gasteiger partial charge in [0.05, 0.1) is 17.6 Å². The van der Waals surface area contributed by atoms with Gasteiger partial charge in [0.1, 0.15) is 5.82 Å². The number of carbonyl (C=O) groups excluding carboxylic acids is 1. The van der Waals surface area contributed by atoms with Gasteiger partial charge in [-0.05, 0) is 31.5 Å². The van der Waals surface area contributed by atoms with Crippen LogP contribution in [-0.2, 0) is 22.5 Å². The molecule has 0 aliphatic rings. The SMILES string of the molecule is CCOC(=O)CCCn1c(CCCl)nc2cc(Cl)ccc21. The van der Waals surface area contributed by atoms with Crippen LogP contribution in [0, 0.1) is 0 Å². The first-order valence-corrected chi connectivity index (χ1v) is 7.93. The second-order valence-corrected chi connectivity index (χ2v) is 5.47. The van der Waals surface area contributed by atoms with Crippen LogP contribution >= 0.6 is 23.2 Å². The Morgan fingerprint density at radius 3 is 2.95 bits per heavy atom. The molecule has 0 saturated heterocycles. The van der Waals surface area contributed by atoms with E-state index in [1.807, 2.05) is 25.1 Å². The molecule has 0 atom stereocenters. The van der Waals surface area contributed by atoms with Crippen LogP contribution < -0.4 is 0 Å². The molecule has 1 aromatic carbocycles. The molecule has 0 fully saturated rings. The topological polar surface area (TPSA) is 44.1 Å². The van der Waals surface area contributed by atoms with Crippen LogP contribution in [0.2, 0.25) is 5.02 Å². The third kappa shape index (κ3) is 4.11. The lowest BCUT2D eigenvalue weighted by Gasteiger charge is -2.08. The first-order valence-electron chi connectivity index (χ1n) is 7.02. The number of hydrogen-bond acceptors (Lipinski definition) is 3. The van der Waals surface area contributed by atoms with Gasteiger partial charge in [0.15, 0.2) is 0 Å². The van der Waals surface area contributed by atoms with Gasteiger partial charge in [-0.25, -0.2) is 4.98 Å². The van der Waals surface area contributed by atoms with E-state index in [0.29, 0.717) is 43.3 Å². The summed E-state index contributed by atoms with van der Waals surface area (Å²) in [5, 5.41) is 0.663. The summed E-state index contributed by atoms with van der Waals surface area (Å²) in [6, 6.07) is 5.64. The van der Waals surface area contributed by atoms with Gasteiger partial charge in [-0.15, -0.1) is 11.6 Å². The lowest BCUT2D eigenvalue weighted by Crippen LogP contribution is -2.09. The summed E-state index contributed by atoms with van der Waals surface area (Å²) >= 11 is 11.8. The Labute approximate surface area is 134 Å². The largest absolute Gasteiger partial charge is 0.466 e. The minimum Gasteiger partial charge on any atom is -0.466 e. The van der Waals surface area contributed by atoms with Crippen molar-refractivity contribution in [1.82, 2.24) is 9.55 Å². The van der Waals surface area contributed by atoms with Crippen molar-refractivity contribution in [2.75, 3.05) is 12.5 Å². The first kappa shape index (κ1) is 16.1. The molecule has 0 spiro atoms. The maximum atomic E-state index is 11.4. The second-order valence-electron chi connectivity index (χ2n) is 4.66. The third-order valence-corrected chi connectivity index (χ3v) is 3.60. The van der Waals surface area contributed by atoms with Gasteiger partial charge >= 0.3 is 5.97 Å². The highest BCUT2D eigenvalue weighted by Gasteiger charge is 2.11. The number of nitrogens with zero attached hydrogens (tertiary/aromatic N) is 2. The zero-order chi connectivity index (χ0) is 15.2. The Bertz CT molecular complexity index is 625. The van der Waals surface area contributed by atoms with Crippen molar-refractivity contribution in [3.63, 3.8) is 0 Å². The number of ether oxygens (including phenoxy) is 1. The lowest BCUT2D eigenvalue weighted by molar-refractivity contribution is -0.143. The fourth-order valence-electron chi connectivity index (χ4n) is 2.29. The predicted molar refractivity (Wildman–Crippen MR) is 85.0 cm³/mol. The zero-order valence-corrected chi connectivity index (χ0v) is 13.5. The van der Waals surface area contributed by atoms with E-state index in [9.17, 15) is 4.79 Å². The number of alkyl halides is 1. The highest BCUT2D eigenvalue weighted by molar-refractivity contribution is 6.31. The smallest absolute Gasteiger partial charge is 0.305 e. The molecule has 21 heavy (non-hydrogen) atoms. The molecule has 0 unspecified atom stereocenters. The lowest BCUT2D eigenvalue weighted by atomic mass is 10.3. The Balaban J connectivity index is 2.16. The van der Waals surface area contributed by atoms with Gasteiger partial charge in [0, 0.05) is 30.3 Å². The van der Waals surface area contributed by atoms with E-state index in [2.05, 4.69) is 9.55 Å². The van der Waals surface area contributed by atoms with E-state index >= 15 is 0 Å². The molecule has 0 amide bonds. The van der Waals surface area contributed by atoms with Crippen LogP contribution in [-0.4, -0.2) is 28.0 Å². The van der Waals surface area contributed by atoms with Crippen molar-refractivity contribution in [3.05, 3.63) is 29.0 Å². The first-order chi connectivity index (χ1) is 10.2. The average Bonchev–Trinajstić information content (AvgIpc) is 2.76. The number of rotatable bonds is 7. The van der Waals surface area contributed by atoms with Gasteiger partial charge in [-0.2, -0.15) is 0 Å². The van der Waals surface area contributed by atoms with E-state index < -0.39 is 0 Å². The quantitative estimate of drug-likeness (QED) is 0.573. The Kier molecular flexibility index (Phi) is 5.88. The molecule has 4 nitrogen and oxygen atoms in total. The molecule has 2 aromatic rings. The third-order valence-electron chi connectivity index (χ3n) is 3.18. The molecular weight excluding hydrogens is 311 g/mol.